The summed E-state index contributed by atoms with van der Waals surface area (Å²) in [4.78, 5) is 0.164. The molecule has 0 bridgehead atoms. The molecule has 19 heavy (non-hydrogen) atoms. The van der Waals surface area contributed by atoms with Crippen molar-refractivity contribution in [2.75, 3.05) is 13.1 Å². The van der Waals surface area contributed by atoms with Gasteiger partial charge >= 0.3 is 0 Å². The van der Waals surface area contributed by atoms with E-state index in [2.05, 4.69) is 0 Å². The first-order valence-electron chi connectivity index (χ1n) is 6.22. The van der Waals surface area contributed by atoms with E-state index in [1.54, 1.807) is 6.07 Å². The summed E-state index contributed by atoms with van der Waals surface area (Å²) in [7, 11) is -3.53. The maximum absolute atomic E-state index is 12.5. The Labute approximate surface area is 120 Å². The highest BCUT2D eigenvalue weighted by Gasteiger charge is 2.24. The van der Waals surface area contributed by atoms with Crippen LogP contribution in [-0.2, 0) is 16.6 Å². The van der Waals surface area contributed by atoms with Crippen LogP contribution in [0.25, 0.3) is 0 Å². The van der Waals surface area contributed by atoms with Gasteiger partial charge in [0, 0.05) is 18.1 Å². The maximum atomic E-state index is 12.5. The number of aliphatic hydroxyl groups excluding tert-OH is 1. The fourth-order valence-electron chi connectivity index (χ4n) is 1.77. The molecule has 0 heterocycles. The van der Waals surface area contributed by atoms with Gasteiger partial charge in [0.05, 0.1) is 11.5 Å². The molecule has 4 nitrogen and oxygen atoms in total. The van der Waals surface area contributed by atoms with Crippen LogP contribution >= 0.6 is 11.6 Å². The van der Waals surface area contributed by atoms with Crippen molar-refractivity contribution in [3.8, 4) is 0 Å². The van der Waals surface area contributed by atoms with Gasteiger partial charge in [-0.05, 0) is 23.6 Å². The van der Waals surface area contributed by atoms with Crippen LogP contribution in [0.1, 0.15) is 26.3 Å². The molecule has 0 aliphatic heterocycles. The van der Waals surface area contributed by atoms with Gasteiger partial charge in [-0.1, -0.05) is 38.4 Å². The van der Waals surface area contributed by atoms with E-state index in [0.717, 1.165) is 0 Å². The minimum Gasteiger partial charge on any atom is -0.392 e. The molecule has 0 saturated carbocycles. The van der Waals surface area contributed by atoms with Crippen molar-refractivity contribution in [1.29, 1.82) is 0 Å². The molecule has 0 radical (unpaired) electrons. The van der Waals surface area contributed by atoms with Gasteiger partial charge in [0.15, 0.2) is 0 Å². The van der Waals surface area contributed by atoms with E-state index >= 15 is 0 Å². The first kappa shape index (κ1) is 16.4. The molecule has 0 aliphatic carbocycles. The van der Waals surface area contributed by atoms with Crippen molar-refractivity contribution >= 4 is 21.6 Å². The van der Waals surface area contributed by atoms with Crippen molar-refractivity contribution in [2.24, 2.45) is 5.92 Å². The molecule has 1 aromatic carbocycles. The molecule has 1 aromatic rings. The zero-order valence-electron chi connectivity index (χ0n) is 11.4. The number of rotatable bonds is 6. The summed E-state index contributed by atoms with van der Waals surface area (Å²) in [5.41, 5.74) is 0.521. The summed E-state index contributed by atoms with van der Waals surface area (Å²) in [6, 6.07) is 4.42. The Kier molecular flexibility index (Phi) is 5.80. The van der Waals surface area contributed by atoms with Crippen molar-refractivity contribution in [1.82, 2.24) is 4.31 Å². The second-order valence-electron chi connectivity index (χ2n) is 4.76. The van der Waals surface area contributed by atoms with Crippen molar-refractivity contribution in [3.05, 3.63) is 28.8 Å². The molecule has 0 saturated heterocycles. The third-order valence-electron chi connectivity index (χ3n) is 2.75. The van der Waals surface area contributed by atoms with Gasteiger partial charge in [0.1, 0.15) is 0 Å². The molecule has 0 fully saturated rings. The molecule has 108 valence electrons. The third kappa shape index (κ3) is 3.92. The molecule has 6 heteroatoms. The number of hydrogen-bond acceptors (Lipinski definition) is 3. The molecule has 0 aliphatic rings. The lowest BCUT2D eigenvalue weighted by Crippen LogP contribution is -2.34. The number of hydrogen-bond donors (Lipinski definition) is 1. The third-order valence-corrected chi connectivity index (χ3v) is 5.04. The normalized spacial score (nSPS) is 12.4. The van der Waals surface area contributed by atoms with Gasteiger partial charge in [-0.2, -0.15) is 4.31 Å². The second-order valence-corrected chi connectivity index (χ2v) is 7.11. The highest BCUT2D eigenvalue weighted by atomic mass is 35.5. The standard InChI is InChI=1S/C13H20ClNO3S/c1-4-15(8-10(2)3)19(17,18)12-6-5-11(9-16)13(14)7-12/h5-7,10,16H,4,8-9H2,1-3H3. The first-order chi connectivity index (χ1) is 8.82. The maximum Gasteiger partial charge on any atom is 0.243 e. The smallest absolute Gasteiger partial charge is 0.243 e. The van der Waals surface area contributed by atoms with E-state index in [1.165, 1.54) is 16.4 Å². The molecule has 0 unspecified atom stereocenters. The van der Waals surface area contributed by atoms with Crippen LogP contribution in [0.15, 0.2) is 23.1 Å². The lowest BCUT2D eigenvalue weighted by molar-refractivity contribution is 0.282. The SMILES string of the molecule is CCN(CC(C)C)S(=O)(=O)c1ccc(CO)c(Cl)c1. The highest BCUT2D eigenvalue weighted by Crippen LogP contribution is 2.23. The predicted molar refractivity (Wildman–Crippen MR) is 76.6 cm³/mol. The van der Waals surface area contributed by atoms with Gasteiger partial charge in [0.25, 0.3) is 0 Å². The topological polar surface area (TPSA) is 57.6 Å². The lowest BCUT2D eigenvalue weighted by atomic mass is 10.2. The average molecular weight is 306 g/mol. The zero-order valence-corrected chi connectivity index (χ0v) is 13.0. The minimum absolute atomic E-state index is 0.164. The summed E-state index contributed by atoms with van der Waals surface area (Å²) in [6.45, 7) is 6.43. The fraction of sp³-hybridized carbons (Fsp3) is 0.538. The number of sulfonamides is 1. The minimum atomic E-state index is -3.53. The number of nitrogens with zero attached hydrogens (tertiary/aromatic N) is 1. The Morgan fingerprint density at radius 1 is 1.37 bits per heavy atom. The van der Waals surface area contributed by atoms with Gasteiger partial charge in [0.2, 0.25) is 10.0 Å². The van der Waals surface area contributed by atoms with Gasteiger partial charge in [-0.25, -0.2) is 8.42 Å². The number of halogens is 1. The number of benzene rings is 1. The van der Waals surface area contributed by atoms with Crippen molar-refractivity contribution < 1.29 is 13.5 Å². The quantitative estimate of drug-likeness (QED) is 0.878. The molecule has 0 aromatic heterocycles. The van der Waals surface area contributed by atoms with E-state index in [9.17, 15) is 8.42 Å². The molecular weight excluding hydrogens is 286 g/mol. The molecule has 0 spiro atoms. The van der Waals surface area contributed by atoms with Crippen molar-refractivity contribution in [3.63, 3.8) is 0 Å². The monoisotopic (exact) mass is 305 g/mol. The first-order valence-corrected chi connectivity index (χ1v) is 8.04. The largest absolute Gasteiger partial charge is 0.392 e. The predicted octanol–water partition coefficient (Wildman–Crippen LogP) is 2.50. The molecule has 0 atom stereocenters. The average Bonchev–Trinajstić information content (AvgIpc) is 2.35. The lowest BCUT2D eigenvalue weighted by Gasteiger charge is -2.22. The van der Waals surface area contributed by atoms with E-state index in [4.69, 9.17) is 16.7 Å². The molecule has 1 rings (SSSR count). The van der Waals surface area contributed by atoms with Crippen LogP contribution in [0.3, 0.4) is 0 Å². The van der Waals surface area contributed by atoms with E-state index < -0.39 is 10.0 Å². The molecule has 1 N–H and O–H groups in total. The van der Waals surface area contributed by atoms with Crippen LogP contribution in [0, 0.1) is 5.92 Å². The van der Waals surface area contributed by atoms with Crippen LogP contribution in [0.4, 0.5) is 0 Å². The molecular formula is C13H20ClNO3S. The summed E-state index contributed by atoms with van der Waals surface area (Å²) in [5, 5.41) is 9.31. The van der Waals surface area contributed by atoms with Gasteiger partial charge in [-0.3, -0.25) is 0 Å². The Morgan fingerprint density at radius 3 is 2.42 bits per heavy atom. The zero-order chi connectivity index (χ0) is 14.6. The second kappa shape index (κ2) is 6.70. The number of aliphatic hydroxyl groups is 1. The van der Waals surface area contributed by atoms with E-state index in [1.807, 2.05) is 20.8 Å². The highest BCUT2D eigenvalue weighted by molar-refractivity contribution is 7.89. The van der Waals surface area contributed by atoms with E-state index in [0.29, 0.717) is 18.7 Å². The van der Waals surface area contributed by atoms with Crippen LogP contribution in [0.2, 0.25) is 5.02 Å². The summed E-state index contributed by atoms with van der Waals surface area (Å²) < 4.78 is 26.3. The van der Waals surface area contributed by atoms with Gasteiger partial charge in [-0.15, -0.1) is 0 Å². The fourth-order valence-corrected chi connectivity index (χ4v) is 3.71. The summed E-state index contributed by atoms with van der Waals surface area (Å²) >= 11 is 5.95. The van der Waals surface area contributed by atoms with Crippen LogP contribution in [-0.4, -0.2) is 30.9 Å². The Morgan fingerprint density at radius 2 is 2.00 bits per heavy atom. The van der Waals surface area contributed by atoms with E-state index in [-0.39, 0.29) is 22.4 Å². The molecule has 0 amide bonds. The Hall–Kier alpha value is -0.620. The van der Waals surface area contributed by atoms with Crippen LogP contribution in [0.5, 0.6) is 0 Å². The van der Waals surface area contributed by atoms with Crippen molar-refractivity contribution in [2.45, 2.75) is 32.3 Å². The van der Waals surface area contributed by atoms with Gasteiger partial charge < -0.3 is 5.11 Å². The Balaban J connectivity index is 3.15. The Bertz CT molecular complexity index is 529. The summed E-state index contributed by atoms with van der Waals surface area (Å²) in [6.07, 6.45) is 0. The summed E-state index contributed by atoms with van der Waals surface area (Å²) in [5.74, 6) is 0.252. The van der Waals surface area contributed by atoms with Crippen LogP contribution < -0.4 is 0 Å².